The van der Waals surface area contributed by atoms with Crippen molar-refractivity contribution in [3.8, 4) is 11.8 Å². The highest BCUT2D eigenvalue weighted by Gasteiger charge is 2.43. The average Bonchev–Trinajstić information content (AvgIpc) is 2.62. The Hall–Kier alpha value is -2.12. The maximum Gasteiger partial charge on any atom is 0.281 e. The van der Waals surface area contributed by atoms with Crippen molar-refractivity contribution >= 4 is 25.9 Å². The summed E-state index contributed by atoms with van der Waals surface area (Å²) in [6.07, 6.45) is -0.840. The second-order valence-electron chi connectivity index (χ2n) is 6.76. The van der Waals surface area contributed by atoms with E-state index in [1.807, 2.05) is 13.8 Å². The fraction of sp³-hybridized carbons (Fsp3) is 0.316. The third kappa shape index (κ3) is 3.54. The number of hydrogen-bond donors (Lipinski definition) is 1. The first-order valence-corrected chi connectivity index (χ1v) is 9.27. The van der Waals surface area contributed by atoms with Gasteiger partial charge in [0.05, 0.1) is 11.6 Å². The van der Waals surface area contributed by atoms with Crippen LogP contribution in [0.3, 0.4) is 0 Å². The van der Waals surface area contributed by atoms with Gasteiger partial charge < -0.3 is 9.84 Å². The summed E-state index contributed by atoms with van der Waals surface area (Å²) < 4.78 is 19.3. The van der Waals surface area contributed by atoms with Gasteiger partial charge in [0, 0.05) is 28.7 Å². The molecule has 26 heavy (non-hydrogen) atoms. The molecule has 0 radical (unpaired) electrons. The molecule has 7 heteroatoms. The summed E-state index contributed by atoms with van der Waals surface area (Å²) in [6.45, 7) is 3.90. The molecule has 134 valence electrons. The lowest BCUT2D eigenvalue weighted by Gasteiger charge is -2.43. The van der Waals surface area contributed by atoms with Gasteiger partial charge in [-0.3, -0.25) is 4.67 Å². The van der Waals surface area contributed by atoms with Crippen molar-refractivity contribution in [3.05, 3.63) is 58.6 Å². The van der Waals surface area contributed by atoms with E-state index in [1.165, 1.54) is 0 Å². The van der Waals surface area contributed by atoms with E-state index in [9.17, 15) is 14.9 Å². The van der Waals surface area contributed by atoms with Crippen LogP contribution in [0.4, 0.5) is 5.69 Å². The SMILES string of the molecule is CC1(C)Oc2ccc(C#N)cc2C(CN(P=O)c2cccc(Cl)c2)C1O. The molecule has 0 saturated heterocycles. The van der Waals surface area contributed by atoms with Crippen LogP contribution >= 0.6 is 20.2 Å². The van der Waals surface area contributed by atoms with E-state index in [1.54, 1.807) is 47.1 Å². The van der Waals surface area contributed by atoms with Crippen LogP contribution in [0.5, 0.6) is 5.75 Å². The Labute approximate surface area is 159 Å². The van der Waals surface area contributed by atoms with Gasteiger partial charge in [-0.15, -0.1) is 0 Å². The van der Waals surface area contributed by atoms with Gasteiger partial charge in [-0.2, -0.15) is 5.26 Å². The number of rotatable bonds is 4. The molecule has 0 fully saturated rings. The Kier molecular flexibility index (Phi) is 5.20. The molecule has 1 N–H and O–H groups in total. The van der Waals surface area contributed by atoms with Gasteiger partial charge in [-0.25, -0.2) is 4.57 Å². The molecule has 2 atom stereocenters. The first-order chi connectivity index (χ1) is 12.4. The molecule has 1 aliphatic heterocycles. The second kappa shape index (κ2) is 7.25. The van der Waals surface area contributed by atoms with E-state index in [-0.39, 0.29) is 21.1 Å². The van der Waals surface area contributed by atoms with Crippen molar-refractivity contribution in [2.75, 3.05) is 11.2 Å². The van der Waals surface area contributed by atoms with Gasteiger partial charge in [0.2, 0.25) is 0 Å². The van der Waals surface area contributed by atoms with Gasteiger partial charge >= 0.3 is 0 Å². The van der Waals surface area contributed by atoms with Crippen molar-refractivity contribution < 1.29 is 14.4 Å². The predicted octanol–water partition coefficient (Wildman–Crippen LogP) is 4.54. The summed E-state index contributed by atoms with van der Waals surface area (Å²) in [5.74, 6) is 0.236. The molecule has 2 unspecified atom stereocenters. The van der Waals surface area contributed by atoms with Crippen molar-refractivity contribution in [2.24, 2.45) is 0 Å². The summed E-state index contributed by atoms with van der Waals surface area (Å²) in [5.41, 5.74) is 1.08. The highest BCUT2D eigenvalue weighted by atomic mass is 35.5. The van der Waals surface area contributed by atoms with E-state index < -0.39 is 11.7 Å². The topological polar surface area (TPSA) is 73.6 Å². The lowest BCUT2D eigenvalue weighted by atomic mass is 9.81. The fourth-order valence-electron chi connectivity index (χ4n) is 3.21. The highest BCUT2D eigenvalue weighted by Crippen LogP contribution is 2.43. The highest BCUT2D eigenvalue weighted by molar-refractivity contribution is 7.26. The number of benzene rings is 2. The molecule has 3 rings (SSSR count). The lowest BCUT2D eigenvalue weighted by Crippen LogP contribution is -2.50. The molecular formula is C19H18ClN2O3P. The monoisotopic (exact) mass is 388 g/mol. The standard InChI is InChI=1S/C19H18ClN2O3P/c1-19(2)18(23)16(15-8-12(10-21)6-7-17(15)25-19)11-22(26-24)14-5-3-4-13(20)9-14/h3-9,16,18,23H,11H2,1-2H3. The normalized spacial score (nSPS) is 20.7. The third-order valence-corrected chi connectivity index (χ3v) is 5.41. The number of nitriles is 1. The lowest BCUT2D eigenvalue weighted by molar-refractivity contribution is -0.0563. The van der Waals surface area contributed by atoms with Gasteiger partial charge in [0.1, 0.15) is 17.5 Å². The summed E-state index contributed by atoms with van der Waals surface area (Å²) >= 11 is 6.05. The van der Waals surface area contributed by atoms with E-state index in [0.29, 0.717) is 22.0 Å². The minimum Gasteiger partial charge on any atom is -0.485 e. The maximum atomic E-state index is 11.8. The van der Waals surface area contributed by atoms with Crippen molar-refractivity contribution in [1.82, 2.24) is 0 Å². The number of fused-ring (bicyclic) bond motifs is 1. The molecule has 1 aliphatic rings. The van der Waals surface area contributed by atoms with Crippen LogP contribution in [0.25, 0.3) is 0 Å². The molecule has 0 bridgehead atoms. The van der Waals surface area contributed by atoms with E-state index in [4.69, 9.17) is 16.3 Å². The van der Waals surface area contributed by atoms with Crippen molar-refractivity contribution in [2.45, 2.75) is 31.5 Å². The molecule has 0 amide bonds. The molecule has 0 spiro atoms. The van der Waals surface area contributed by atoms with Crippen LogP contribution in [-0.4, -0.2) is 23.4 Å². The minimum absolute atomic E-state index is 0.209. The van der Waals surface area contributed by atoms with Gasteiger partial charge in [0.15, 0.2) is 0 Å². The zero-order chi connectivity index (χ0) is 18.9. The van der Waals surface area contributed by atoms with Crippen molar-refractivity contribution in [3.63, 3.8) is 0 Å². The first kappa shape index (κ1) is 18.7. The Morgan fingerprint density at radius 2 is 2.12 bits per heavy atom. The van der Waals surface area contributed by atoms with Gasteiger partial charge in [0.25, 0.3) is 8.61 Å². The van der Waals surface area contributed by atoms with Crippen LogP contribution in [-0.2, 0) is 4.57 Å². The van der Waals surface area contributed by atoms with Crippen LogP contribution in [0, 0.1) is 11.3 Å². The molecule has 0 aliphatic carbocycles. The summed E-state index contributed by atoms with van der Waals surface area (Å²) in [4.78, 5) is 0. The Morgan fingerprint density at radius 1 is 1.35 bits per heavy atom. The summed E-state index contributed by atoms with van der Waals surface area (Å²) in [7, 11) is -0.209. The zero-order valence-corrected chi connectivity index (χ0v) is 16.0. The average molecular weight is 389 g/mol. The number of nitrogens with zero attached hydrogens (tertiary/aromatic N) is 2. The first-order valence-electron chi connectivity index (χ1n) is 8.13. The maximum absolute atomic E-state index is 11.8. The van der Waals surface area contributed by atoms with Crippen LogP contribution < -0.4 is 9.41 Å². The van der Waals surface area contributed by atoms with E-state index >= 15 is 0 Å². The molecule has 5 nitrogen and oxygen atoms in total. The quantitative estimate of drug-likeness (QED) is 0.778. The zero-order valence-electron chi connectivity index (χ0n) is 14.4. The Balaban J connectivity index is 2.02. The molecule has 0 aromatic heterocycles. The van der Waals surface area contributed by atoms with E-state index in [2.05, 4.69) is 6.07 Å². The summed E-state index contributed by atoms with van der Waals surface area (Å²) in [5, 5.41) is 20.6. The predicted molar refractivity (Wildman–Crippen MR) is 101 cm³/mol. The van der Waals surface area contributed by atoms with Crippen molar-refractivity contribution in [1.29, 1.82) is 5.26 Å². The fourth-order valence-corrected chi connectivity index (χ4v) is 3.85. The molecule has 1 heterocycles. The minimum atomic E-state index is -0.840. The Bertz CT molecular complexity index is 881. The molecule has 0 saturated carbocycles. The van der Waals surface area contributed by atoms with E-state index in [0.717, 1.165) is 5.56 Å². The number of aliphatic hydroxyl groups excluding tert-OH is 1. The number of aliphatic hydroxyl groups is 1. The van der Waals surface area contributed by atoms with Gasteiger partial charge in [-0.1, -0.05) is 17.7 Å². The van der Waals surface area contributed by atoms with Crippen LogP contribution in [0.15, 0.2) is 42.5 Å². The number of ether oxygens (including phenoxy) is 1. The third-order valence-electron chi connectivity index (χ3n) is 4.58. The molecule has 2 aromatic rings. The largest absolute Gasteiger partial charge is 0.485 e. The smallest absolute Gasteiger partial charge is 0.281 e. The van der Waals surface area contributed by atoms with Crippen LogP contribution in [0.2, 0.25) is 5.02 Å². The molecule has 2 aromatic carbocycles. The van der Waals surface area contributed by atoms with Crippen LogP contribution in [0.1, 0.15) is 30.9 Å². The second-order valence-corrected chi connectivity index (χ2v) is 7.85. The summed E-state index contributed by atoms with van der Waals surface area (Å²) in [6, 6.07) is 14.3. The Morgan fingerprint density at radius 3 is 2.77 bits per heavy atom. The number of hydrogen-bond acceptors (Lipinski definition) is 4. The van der Waals surface area contributed by atoms with Gasteiger partial charge in [-0.05, 0) is 50.2 Å². The number of anilines is 1. The number of halogens is 1. The molecular weight excluding hydrogens is 371 g/mol.